The van der Waals surface area contributed by atoms with Crippen LogP contribution in [0.3, 0.4) is 0 Å². The Morgan fingerprint density at radius 1 is 1.44 bits per heavy atom. The third-order valence-corrected chi connectivity index (χ3v) is 4.68. The van der Waals surface area contributed by atoms with Gasteiger partial charge in [-0.05, 0) is 26.2 Å². The lowest BCUT2D eigenvalue weighted by Crippen LogP contribution is -2.15. The largest absolute Gasteiger partial charge is 0.392 e. The van der Waals surface area contributed by atoms with Gasteiger partial charge in [-0.25, -0.2) is 0 Å². The summed E-state index contributed by atoms with van der Waals surface area (Å²) < 4.78 is 2.05. The first kappa shape index (κ1) is 13.9. The van der Waals surface area contributed by atoms with Gasteiger partial charge in [-0.3, -0.25) is 0 Å². The molecule has 1 aromatic heterocycles. The molecule has 0 saturated heterocycles. The minimum Gasteiger partial charge on any atom is -0.392 e. The van der Waals surface area contributed by atoms with Crippen LogP contribution in [0.4, 0.5) is 0 Å². The molecule has 1 N–H and O–H groups in total. The molecule has 1 saturated carbocycles. The van der Waals surface area contributed by atoms with Gasteiger partial charge in [0.25, 0.3) is 0 Å². The van der Waals surface area contributed by atoms with Crippen molar-refractivity contribution in [1.82, 2.24) is 14.8 Å². The van der Waals surface area contributed by atoms with E-state index in [0.717, 1.165) is 23.2 Å². The number of thioether (sulfide) groups is 1. The van der Waals surface area contributed by atoms with E-state index < -0.39 is 0 Å². The van der Waals surface area contributed by atoms with Gasteiger partial charge < -0.3 is 9.67 Å². The second-order valence-corrected chi connectivity index (χ2v) is 6.45. The highest BCUT2D eigenvalue weighted by atomic mass is 32.2. The van der Waals surface area contributed by atoms with Crippen molar-refractivity contribution in [2.45, 2.75) is 63.3 Å². The fourth-order valence-electron chi connectivity index (χ4n) is 2.56. The predicted octanol–water partition coefficient (Wildman–Crippen LogP) is 2.89. The van der Waals surface area contributed by atoms with E-state index in [4.69, 9.17) is 0 Å². The van der Waals surface area contributed by atoms with Crippen molar-refractivity contribution in [3.63, 3.8) is 0 Å². The summed E-state index contributed by atoms with van der Waals surface area (Å²) in [4.78, 5) is 0. The molecule has 5 heteroatoms. The summed E-state index contributed by atoms with van der Waals surface area (Å²) in [6, 6.07) is 0.370. The second-order valence-electron chi connectivity index (χ2n) is 5.47. The molecular weight excluding hydrogens is 246 g/mol. The van der Waals surface area contributed by atoms with Gasteiger partial charge in [0.15, 0.2) is 5.16 Å². The summed E-state index contributed by atoms with van der Waals surface area (Å²) in [6.07, 6.45) is 7.76. The molecule has 1 heterocycles. The molecule has 0 spiro atoms. The molecule has 4 nitrogen and oxygen atoms in total. The number of aliphatic hydroxyl groups is 1. The molecule has 2 rings (SSSR count). The Morgan fingerprint density at radius 2 is 2.17 bits per heavy atom. The van der Waals surface area contributed by atoms with E-state index in [1.165, 1.54) is 25.7 Å². The predicted molar refractivity (Wildman–Crippen MR) is 73.7 cm³/mol. The third-order valence-electron chi connectivity index (χ3n) is 3.58. The molecule has 1 atom stereocenters. The smallest absolute Gasteiger partial charge is 0.191 e. The van der Waals surface area contributed by atoms with Crippen LogP contribution >= 0.6 is 11.8 Å². The molecule has 102 valence electrons. The average Bonchev–Trinajstić information content (AvgIpc) is 2.96. The van der Waals surface area contributed by atoms with Gasteiger partial charge in [-0.1, -0.05) is 37.4 Å². The van der Waals surface area contributed by atoms with Crippen LogP contribution in [0.2, 0.25) is 0 Å². The van der Waals surface area contributed by atoms with E-state index >= 15 is 0 Å². The van der Waals surface area contributed by atoms with Crippen LogP contribution < -0.4 is 0 Å². The van der Waals surface area contributed by atoms with Gasteiger partial charge in [-0.15, -0.1) is 10.2 Å². The lowest BCUT2D eigenvalue weighted by atomic mass is 10.0. The fourth-order valence-corrected chi connectivity index (χ4v) is 3.55. The van der Waals surface area contributed by atoms with Crippen LogP contribution in [0.1, 0.15) is 52.0 Å². The van der Waals surface area contributed by atoms with Crippen LogP contribution in [0.5, 0.6) is 0 Å². The highest BCUT2D eigenvalue weighted by Gasteiger charge is 2.19. The molecule has 0 aliphatic heterocycles. The molecule has 1 aliphatic rings. The third kappa shape index (κ3) is 3.72. The Bertz CT molecular complexity index is 361. The summed E-state index contributed by atoms with van der Waals surface area (Å²) in [5, 5.41) is 19.0. The molecule has 18 heavy (non-hydrogen) atoms. The lowest BCUT2D eigenvalue weighted by Gasteiger charge is -2.15. The quantitative estimate of drug-likeness (QED) is 0.807. The number of rotatable bonds is 6. The maximum atomic E-state index is 10.1. The highest BCUT2D eigenvalue weighted by molar-refractivity contribution is 7.99. The fraction of sp³-hybridized carbons (Fsp3) is 0.846. The molecule has 1 aromatic rings. The monoisotopic (exact) mass is 269 g/mol. The Hall–Kier alpha value is -0.550. The van der Waals surface area contributed by atoms with Crippen molar-refractivity contribution in [3.05, 3.63) is 6.33 Å². The van der Waals surface area contributed by atoms with Crippen molar-refractivity contribution >= 4 is 11.8 Å². The first-order chi connectivity index (χ1) is 8.66. The van der Waals surface area contributed by atoms with Crippen molar-refractivity contribution in [2.75, 3.05) is 5.75 Å². The first-order valence-corrected chi connectivity index (χ1v) is 7.85. The second kappa shape index (κ2) is 6.57. The summed E-state index contributed by atoms with van der Waals surface area (Å²) in [5.41, 5.74) is 0. The standard InChI is InChI=1S/C13H23N3OS/c1-10(2)16-9-14-15-13(16)18-8-12(17)7-11-5-3-4-6-11/h9-12,17H,3-8H2,1-2H3/t12-/m1/s1. The Kier molecular flexibility index (Phi) is 5.06. The number of hydrogen-bond acceptors (Lipinski definition) is 4. The number of nitrogens with zero attached hydrogens (tertiary/aromatic N) is 3. The minimum atomic E-state index is -0.213. The van der Waals surface area contributed by atoms with Crippen LogP contribution in [0, 0.1) is 5.92 Å². The summed E-state index contributed by atoms with van der Waals surface area (Å²) in [7, 11) is 0. The topological polar surface area (TPSA) is 50.9 Å². The number of aliphatic hydroxyl groups excluding tert-OH is 1. The zero-order valence-corrected chi connectivity index (χ0v) is 12.1. The van der Waals surface area contributed by atoms with E-state index in [0.29, 0.717) is 6.04 Å². The van der Waals surface area contributed by atoms with Crippen molar-refractivity contribution in [2.24, 2.45) is 5.92 Å². The van der Waals surface area contributed by atoms with Gasteiger partial charge in [0.2, 0.25) is 0 Å². The molecule has 0 unspecified atom stereocenters. The van der Waals surface area contributed by atoms with Crippen LogP contribution in [0.15, 0.2) is 11.5 Å². The summed E-state index contributed by atoms with van der Waals surface area (Å²) in [5.74, 6) is 1.46. The maximum Gasteiger partial charge on any atom is 0.191 e. The van der Waals surface area contributed by atoms with E-state index in [9.17, 15) is 5.11 Å². The molecule has 1 aliphatic carbocycles. The number of aromatic nitrogens is 3. The molecule has 0 radical (unpaired) electrons. The molecule has 0 amide bonds. The van der Waals surface area contributed by atoms with Gasteiger partial charge in [0.05, 0.1) is 6.10 Å². The van der Waals surface area contributed by atoms with Gasteiger partial charge in [0, 0.05) is 11.8 Å². The van der Waals surface area contributed by atoms with Crippen molar-refractivity contribution < 1.29 is 5.11 Å². The number of hydrogen-bond donors (Lipinski definition) is 1. The first-order valence-electron chi connectivity index (χ1n) is 6.87. The molecule has 0 bridgehead atoms. The Balaban J connectivity index is 1.77. The molecule has 1 fully saturated rings. The van der Waals surface area contributed by atoms with E-state index in [1.807, 2.05) is 4.57 Å². The summed E-state index contributed by atoms with van der Waals surface area (Å²) >= 11 is 1.61. The maximum absolute atomic E-state index is 10.1. The minimum absolute atomic E-state index is 0.213. The zero-order valence-electron chi connectivity index (χ0n) is 11.2. The highest BCUT2D eigenvalue weighted by Crippen LogP contribution is 2.30. The van der Waals surface area contributed by atoms with E-state index in [-0.39, 0.29) is 6.10 Å². The summed E-state index contributed by atoms with van der Waals surface area (Å²) in [6.45, 7) is 4.23. The van der Waals surface area contributed by atoms with Crippen molar-refractivity contribution in [3.8, 4) is 0 Å². The van der Waals surface area contributed by atoms with E-state index in [2.05, 4.69) is 24.0 Å². The van der Waals surface area contributed by atoms with Gasteiger partial charge in [-0.2, -0.15) is 0 Å². The van der Waals surface area contributed by atoms with E-state index in [1.54, 1.807) is 18.1 Å². The van der Waals surface area contributed by atoms with Crippen LogP contribution in [-0.4, -0.2) is 31.7 Å². The van der Waals surface area contributed by atoms with Gasteiger partial charge >= 0.3 is 0 Å². The van der Waals surface area contributed by atoms with Crippen LogP contribution in [0.25, 0.3) is 0 Å². The Morgan fingerprint density at radius 3 is 2.83 bits per heavy atom. The van der Waals surface area contributed by atoms with Crippen LogP contribution in [-0.2, 0) is 0 Å². The normalized spacial score (nSPS) is 18.7. The average molecular weight is 269 g/mol. The lowest BCUT2D eigenvalue weighted by molar-refractivity contribution is 0.165. The van der Waals surface area contributed by atoms with Gasteiger partial charge in [0.1, 0.15) is 6.33 Å². The van der Waals surface area contributed by atoms with Crippen molar-refractivity contribution in [1.29, 1.82) is 0 Å². The zero-order chi connectivity index (χ0) is 13.0. The molecular formula is C13H23N3OS. The SMILES string of the molecule is CC(C)n1cnnc1SC[C@H](O)CC1CCCC1. The molecule has 0 aromatic carbocycles. The Labute approximate surface area is 113 Å².